The Morgan fingerprint density at radius 3 is 1.89 bits per heavy atom. The Morgan fingerprint density at radius 1 is 0.730 bits per heavy atom. The van der Waals surface area contributed by atoms with Crippen LogP contribution in [0.1, 0.15) is 91.4 Å². The van der Waals surface area contributed by atoms with Gasteiger partial charge in [0.2, 0.25) is 11.6 Å². The van der Waals surface area contributed by atoms with Crippen LogP contribution in [0.3, 0.4) is 0 Å². The zero-order valence-electron chi connectivity index (χ0n) is 22.9. The molecule has 37 heavy (non-hydrogen) atoms. The molecule has 0 radical (unpaired) electrons. The zero-order valence-corrected chi connectivity index (χ0v) is 23.9. The SMILES string of the molecule is CC(C)(C)[Si](OC1CCCC2(C1)OOC1(O2)C2CCCCCC1CC2)(c1ccccc1)c1ccccc1. The highest BCUT2D eigenvalue weighted by atomic mass is 28.4. The van der Waals surface area contributed by atoms with E-state index in [1.165, 1.54) is 55.3 Å². The molecule has 3 aliphatic carbocycles. The second-order valence-electron chi connectivity index (χ2n) is 13.0. The molecular formula is C32H44O4Si. The third-order valence-electron chi connectivity index (χ3n) is 9.66. The molecule has 0 aromatic heterocycles. The third kappa shape index (κ3) is 4.45. The maximum Gasteiger partial charge on any atom is 0.261 e. The third-order valence-corrected chi connectivity index (χ3v) is 14.8. The number of hydrogen-bond donors (Lipinski definition) is 0. The first kappa shape index (κ1) is 25.8. The van der Waals surface area contributed by atoms with Gasteiger partial charge >= 0.3 is 0 Å². The van der Waals surface area contributed by atoms with Gasteiger partial charge in [0.05, 0.1) is 6.10 Å². The van der Waals surface area contributed by atoms with Crippen molar-refractivity contribution >= 4 is 18.7 Å². The van der Waals surface area contributed by atoms with Gasteiger partial charge in [0.1, 0.15) is 0 Å². The van der Waals surface area contributed by atoms with Gasteiger partial charge in [-0.1, -0.05) is 101 Å². The average molecular weight is 521 g/mol. The van der Waals surface area contributed by atoms with E-state index < -0.39 is 19.9 Å². The van der Waals surface area contributed by atoms with Crippen LogP contribution >= 0.6 is 0 Å². The number of benzene rings is 2. The van der Waals surface area contributed by atoms with Crippen LogP contribution in [-0.4, -0.2) is 26.0 Å². The van der Waals surface area contributed by atoms with Crippen LogP contribution in [0.4, 0.5) is 0 Å². The molecule has 6 rings (SSSR count). The van der Waals surface area contributed by atoms with Crippen molar-refractivity contribution in [3.63, 3.8) is 0 Å². The minimum atomic E-state index is -2.63. The Labute approximate surface area is 224 Å². The Hall–Kier alpha value is -1.50. The van der Waals surface area contributed by atoms with E-state index in [-0.39, 0.29) is 11.1 Å². The van der Waals surface area contributed by atoms with Gasteiger partial charge in [-0.25, -0.2) is 0 Å². The maximum absolute atomic E-state index is 7.52. The molecule has 2 aromatic rings. The van der Waals surface area contributed by atoms with E-state index in [1.807, 2.05) is 0 Å². The zero-order chi connectivity index (χ0) is 25.6. The van der Waals surface area contributed by atoms with Gasteiger partial charge in [0, 0.05) is 24.7 Å². The molecule has 4 fully saturated rings. The summed E-state index contributed by atoms with van der Waals surface area (Å²) in [5.41, 5.74) is 0. The van der Waals surface area contributed by atoms with Crippen LogP contribution in [0.15, 0.2) is 60.7 Å². The molecule has 2 spiro atoms. The van der Waals surface area contributed by atoms with Crippen LogP contribution in [0.2, 0.25) is 5.04 Å². The predicted molar refractivity (Wildman–Crippen MR) is 149 cm³/mol. The summed E-state index contributed by atoms with van der Waals surface area (Å²) in [7, 11) is -2.63. The molecule has 1 heterocycles. The molecule has 5 heteroatoms. The van der Waals surface area contributed by atoms with Gasteiger partial charge in [-0.05, 0) is 53.9 Å². The molecule has 0 N–H and O–H groups in total. The lowest BCUT2D eigenvalue weighted by molar-refractivity contribution is -0.369. The number of hydrogen-bond acceptors (Lipinski definition) is 4. The first-order valence-corrected chi connectivity index (χ1v) is 16.6. The fourth-order valence-corrected chi connectivity index (χ4v) is 12.6. The summed E-state index contributed by atoms with van der Waals surface area (Å²) in [6, 6.07) is 21.9. The smallest absolute Gasteiger partial charge is 0.261 e. The standard InChI is InChI=1S/C32H44O4Si/c1-30(2,3)37(28-17-9-5-10-18-28,29-19-11-6-12-20-29)33-27-16-13-23-31(24-27)34-32(36-35-31)25-14-7-4-8-15-26(32)22-21-25/h5-6,9-12,17-20,25-27H,4,7-8,13-16,21-24H2,1-3H3. The highest BCUT2D eigenvalue weighted by molar-refractivity contribution is 6.99. The molecule has 1 aliphatic heterocycles. The van der Waals surface area contributed by atoms with Gasteiger partial charge in [-0.3, -0.25) is 0 Å². The highest BCUT2D eigenvalue weighted by Gasteiger charge is 2.64. The quantitative estimate of drug-likeness (QED) is 0.326. The monoisotopic (exact) mass is 520 g/mol. The van der Waals surface area contributed by atoms with E-state index in [2.05, 4.69) is 81.4 Å². The maximum atomic E-state index is 7.52. The minimum Gasteiger partial charge on any atom is -0.404 e. The molecule has 200 valence electrons. The first-order valence-electron chi connectivity index (χ1n) is 14.7. The summed E-state index contributed by atoms with van der Waals surface area (Å²) in [5.74, 6) is -0.320. The lowest BCUT2D eigenvalue weighted by Crippen LogP contribution is -2.68. The molecule has 0 amide bonds. The molecule has 3 saturated carbocycles. The molecule has 4 unspecified atom stereocenters. The van der Waals surface area contributed by atoms with Gasteiger partial charge in [0.15, 0.2) is 0 Å². The Bertz CT molecular complexity index is 998. The van der Waals surface area contributed by atoms with E-state index in [0.29, 0.717) is 11.8 Å². The Kier molecular flexibility index (Phi) is 6.90. The van der Waals surface area contributed by atoms with Crippen molar-refractivity contribution in [2.24, 2.45) is 11.8 Å². The second-order valence-corrected chi connectivity index (χ2v) is 17.3. The van der Waals surface area contributed by atoms with E-state index in [9.17, 15) is 0 Å². The first-order chi connectivity index (χ1) is 17.9. The largest absolute Gasteiger partial charge is 0.404 e. The summed E-state index contributed by atoms with van der Waals surface area (Å²) in [6.45, 7) is 7.06. The summed E-state index contributed by atoms with van der Waals surface area (Å²) < 4.78 is 14.6. The Balaban J connectivity index is 1.32. The van der Waals surface area contributed by atoms with Crippen LogP contribution in [0.25, 0.3) is 0 Å². The van der Waals surface area contributed by atoms with Crippen molar-refractivity contribution in [3.8, 4) is 0 Å². The normalized spacial score (nSPS) is 34.5. The number of ether oxygens (including phenoxy) is 1. The van der Waals surface area contributed by atoms with E-state index >= 15 is 0 Å². The molecule has 4 atom stereocenters. The van der Waals surface area contributed by atoms with Crippen LogP contribution in [0.5, 0.6) is 0 Å². The lowest BCUT2D eigenvalue weighted by Gasteiger charge is -2.47. The highest BCUT2D eigenvalue weighted by Crippen LogP contribution is 2.57. The Morgan fingerprint density at radius 2 is 1.32 bits per heavy atom. The van der Waals surface area contributed by atoms with E-state index in [4.69, 9.17) is 18.9 Å². The second kappa shape index (κ2) is 9.91. The van der Waals surface area contributed by atoms with Crippen molar-refractivity contribution in [1.82, 2.24) is 0 Å². The molecule has 2 aromatic carbocycles. The fourth-order valence-electron chi connectivity index (χ4n) is 7.92. The van der Waals surface area contributed by atoms with Gasteiger partial charge in [-0.2, -0.15) is 9.78 Å². The topological polar surface area (TPSA) is 36.9 Å². The average Bonchev–Trinajstić information content (AvgIpc) is 3.46. The number of rotatable bonds is 4. The van der Waals surface area contributed by atoms with Crippen molar-refractivity contribution in [2.45, 2.75) is 114 Å². The van der Waals surface area contributed by atoms with Gasteiger partial charge in [0.25, 0.3) is 8.32 Å². The molecule has 4 nitrogen and oxygen atoms in total. The van der Waals surface area contributed by atoms with E-state index in [0.717, 1.165) is 25.7 Å². The molecular weight excluding hydrogens is 476 g/mol. The van der Waals surface area contributed by atoms with Crippen molar-refractivity contribution < 1.29 is 18.9 Å². The van der Waals surface area contributed by atoms with Gasteiger partial charge in [-0.15, -0.1) is 0 Å². The lowest BCUT2D eigenvalue weighted by atomic mass is 9.84. The molecule has 4 aliphatic rings. The predicted octanol–water partition coefficient (Wildman–Crippen LogP) is 6.87. The summed E-state index contributed by atoms with van der Waals surface area (Å²) in [4.78, 5) is 12.7. The van der Waals surface area contributed by atoms with Crippen molar-refractivity contribution in [3.05, 3.63) is 60.7 Å². The summed E-state index contributed by atoms with van der Waals surface area (Å²) in [5, 5.41) is 2.60. The summed E-state index contributed by atoms with van der Waals surface area (Å²) in [6.07, 6.45) is 12.4. The van der Waals surface area contributed by atoms with Crippen molar-refractivity contribution in [2.75, 3.05) is 0 Å². The minimum absolute atomic E-state index is 0.0475. The van der Waals surface area contributed by atoms with Crippen LogP contribution in [0, 0.1) is 11.8 Å². The molecule has 1 saturated heterocycles. The van der Waals surface area contributed by atoms with Crippen LogP contribution < -0.4 is 10.4 Å². The fraction of sp³-hybridized carbons (Fsp3) is 0.625. The van der Waals surface area contributed by atoms with Gasteiger partial charge < -0.3 is 9.16 Å². The van der Waals surface area contributed by atoms with E-state index in [1.54, 1.807) is 0 Å². The van der Waals surface area contributed by atoms with Crippen molar-refractivity contribution in [1.29, 1.82) is 0 Å². The summed E-state index contributed by atoms with van der Waals surface area (Å²) >= 11 is 0. The molecule has 2 bridgehead atoms. The van der Waals surface area contributed by atoms with Crippen LogP contribution in [-0.2, 0) is 18.9 Å².